The lowest BCUT2D eigenvalue weighted by molar-refractivity contribution is 0.457. The second kappa shape index (κ2) is 5.27. The van der Waals surface area contributed by atoms with E-state index in [0.717, 1.165) is 23.4 Å². The molecule has 0 bridgehead atoms. The lowest BCUT2D eigenvalue weighted by Crippen LogP contribution is -1.96. The van der Waals surface area contributed by atoms with Gasteiger partial charge in [-0.2, -0.15) is 10.1 Å². The molecule has 0 saturated carbocycles. The number of aromatic nitrogens is 4. The van der Waals surface area contributed by atoms with Crippen molar-refractivity contribution in [2.45, 2.75) is 26.8 Å². The van der Waals surface area contributed by atoms with Gasteiger partial charge < -0.3 is 4.74 Å². The summed E-state index contributed by atoms with van der Waals surface area (Å²) in [6.07, 6.45) is 4.27. The van der Waals surface area contributed by atoms with Gasteiger partial charge in [0.1, 0.15) is 10.4 Å². The molecule has 0 spiro atoms. The highest BCUT2D eigenvalue weighted by atomic mass is 79.9. The average molecular weight is 297 g/mol. The van der Waals surface area contributed by atoms with Crippen molar-refractivity contribution >= 4 is 15.9 Å². The van der Waals surface area contributed by atoms with Gasteiger partial charge in [-0.15, -0.1) is 0 Å². The number of nitrogens with zero attached hydrogens (tertiary/aromatic N) is 4. The van der Waals surface area contributed by atoms with Crippen LogP contribution >= 0.6 is 15.9 Å². The average Bonchev–Trinajstić information content (AvgIpc) is 2.76. The molecule has 0 aromatic carbocycles. The third kappa shape index (κ3) is 3.03. The molecule has 0 amide bonds. The Labute approximate surface area is 108 Å². The predicted octanol–water partition coefficient (Wildman–Crippen LogP) is 2.81. The molecular formula is C11H13BrN4O. The van der Waals surface area contributed by atoms with Crippen LogP contribution in [0.25, 0.3) is 0 Å². The van der Waals surface area contributed by atoms with Crippen molar-refractivity contribution < 1.29 is 4.74 Å². The van der Waals surface area contributed by atoms with Crippen LogP contribution in [0.4, 0.5) is 0 Å². The monoisotopic (exact) mass is 296 g/mol. The van der Waals surface area contributed by atoms with Gasteiger partial charge in [-0.05, 0) is 22.9 Å². The Balaban J connectivity index is 2.20. The first kappa shape index (κ1) is 12.0. The summed E-state index contributed by atoms with van der Waals surface area (Å²) in [6, 6.07) is 1.74. The Bertz CT molecular complexity index is 512. The zero-order valence-electron chi connectivity index (χ0n) is 9.72. The van der Waals surface area contributed by atoms with Crippen LogP contribution in [0, 0.1) is 0 Å². The predicted molar refractivity (Wildman–Crippen MR) is 67.1 cm³/mol. The molecule has 0 saturated heterocycles. The van der Waals surface area contributed by atoms with Crippen LogP contribution in [0.1, 0.15) is 19.7 Å². The highest BCUT2D eigenvalue weighted by Crippen LogP contribution is 2.21. The van der Waals surface area contributed by atoms with Crippen LogP contribution < -0.4 is 4.74 Å². The summed E-state index contributed by atoms with van der Waals surface area (Å²) in [5.74, 6) is 1.95. The molecule has 5 nitrogen and oxygen atoms in total. The maximum absolute atomic E-state index is 5.62. The maximum atomic E-state index is 5.62. The zero-order chi connectivity index (χ0) is 12.3. The summed E-state index contributed by atoms with van der Waals surface area (Å²) < 4.78 is 8.14. The van der Waals surface area contributed by atoms with Crippen LogP contribution in [0.3, 0.4) is 0 Å². The van der Waals surface area contributed by atoms with Gasteiger partial charge in [0.2, 0.25) is 5.88 Å². The van der Waals surface area contributed by atoms with Gasteiger partial charge in [-0.25, -0.2) is 4.98 Å². The smallest absolute Gasteiger partial charge is 0.223 e. The molecule has 2 rings (SSSR count). The fourth-order valence-corrected chi connectivity index (χ4v) is 1.74. The van der Waals surface area contributed by atoms with Crippen molar-refractivity contribution in [1.82, 2.24) is 19.7 Å². The molecule has 0 aliphatic carbocycles. The maximum Gasteiger partial charge on any atom is 0.223 e. The number of hydrogen-bond donors (Lipinski definition) is 0. The molecule has 17 heavy (non-hydrogen) atoms. The van der Waals surface area contributed by atoms with Gasteiger partial charge >= 0.3 is 0 Å². The van der Waals surface area contributed by atoms with E-state index in [1.807, 2.05) is 20.0 Å². The first-order valence-corrected chi connectivity index (χ1v) is 6.24. The van der Waals surface area contributed by atoms with Crippen molar-refractivity contribution in [2.75, 3.05) is 0 Å². The minimum absolute atomic E-state index is 0.527. The Kier molecular flexibility index (Phi) is 3.73. The number of aryl methyl sites for hydroxylation is 2. The van der Waals surface area contributed by atoms with E-state index >= 15 is 0 Å². The number of halogens is 1. The van der Waals surface area contributed by atoms with E-state index in [9.17, 15) is 0 Å². The van der Waals surface area contributed by atoms with Crippen LogP contribution in [-0.4, -0.2) is 19.7 Å². The van der Waals surface area contributed by atoms with Crippen molar-refractivity contribution in [3.8, 4) is 11.6 Å². The van der Waals surface area contributed by atoms with Crippen LogP contribution in [0.2, 0.25) is 0 Å². The highest BCUT2D eigenvalue weighted by molar-refractivity contribution is 9.10. The molecule has 0 atom stereocenters. The van der Waals surface area contributed by atoms with E-state index in [0.29, 0.717) is 11.6 Å². The molecule has 2 aromatic heterocycles. The summed E-state index contributed by atoms with van der Waals surface area (Å²) in [7, 11) is 0. The second-order valence-electron chi connectivity index (χ2n) is 3.43. The van der Waals surface area contributed by atoms with E-state index in [2.05, 4.69) is 31.0 Å². The molecule has 0 aliphatic rings. The largest absolute Gasteiger partial charge is 0.436 e. The fourth-order valence-electron chi connectivity index (χ4n) is 1.34. The first-order valence-electron chi connectivity index (χ1n) is 5.45. The molecule has 0 radical (unpaired) electrons. The molecule has 6 heteroatoms. The fraction of sp³-hybridized carbons (Fsp3) is 0.364. The Hall–Kier alpha value is -1.43. The van der Waals surface area contributed by atoms with Crippen molar-refractivity contribution in [3.63, 3.8) is 0 Å². The van der Waals surface area contributed by atoms with E-state index in [1.54, 1.807) is 16.9 Å². The van der Waals surface area contributed by atoms with Crippen molar-refractivity contribution in [1.29, 1.82) is 0 Å². The molecule has 0 unspecified atom stereocenters. The van der Waals surface area contributed by atoms with Gasteiger partial charge in [0.25, 0.3) is 0 Å². The second-order valence-corrected chi connectivity index (χ2v) is 4.24. The van der Waals surface area contributed by atoms with Gasteiger partial charge in [0.15, 0.2) is 5.75 Å². The third-order valence-electron chi connectivity index (χ3n) is 2.19. The summed E-state index contributed by atoms with van der Waals surface area (Å²) in [6.45, 7) is 4.84. The minimum Gasteiger partial charge on any atom is -0.436 e. The SMILES string of the molecule is CCc1nc(Br)cc(Oc2cnn(CC)c2)n1. The molecule has 2 heterocycles. The normalized spacial score (nSPS) is 10.5. The summed E-state index contributed by atoms with van der Waals surface area (Å²) in [4.78, 5) is 8.50. The third-order valence-corrected chi connectivity index (χ3v) is 2.60. The van der Waals surface area contributed by atoms with E-state index in [1.165, 1.54) is 0 Å². The number of rotatable bonds is 4. The van der Waals surface area contributed by atoms with Crippen molar-refractivity contribution in [2.24, 2.45) is 0 Å². The van der Waals surface area contributed by atoms with Gasteiger partial charge in [-0.3, -0.25) is 4.68 Å². The van der Waals surface area contributed by atoms with E-state index in [-0.39, 0.29) is 0 Å². The zero-order valence-corrected chi connectivity index (χ0v) is 11.3. The number of hydrogen-bond acceptors (Lipinski definition) is 4. The highest BCUT2D eigenvalue weighted by Gasteiger charge is 2.05. The standard InChI is InChI=1S/C11H13BrN4O/c1-3-10-14-9(12)5-11(15-10)17-8-6-13-16(4-2)7-8/h5-7H,3-4H2,1-2H3. The quantitative estimate of drug-likeness (QED) is 0.814. The molecule has 0 N–H and O–H groups in total. The van der Waals surface area contributed by atoms with E-state index in [4.69, 9.17) is 4.74 Å². The Morgan fingerprint density at radius 2 is 2.18 bits per heavy atom. The van der Waals surface area contributed by atoms with Crippen molar-refractivity contribution in [3.05, 3.63) is 28.9 Å². The number of ether oxygens (including phenoxy) is 1. The van der Waals surface area contributed by atoms with Crippen LogP contribution in [0.15, 0.2) is 23.1 Å². The van der Waals surface area contributed by atoms with Crippen LogP contribution in [-0.2, 0) is 13.0 Å². The minimum atomic E-state index is 0.527. The lowest BCUT2D eigenvalue weighted by atomic mass is 10.4. The molecule has 0 aliphatic heterocycles. The summed E-state index contributed by atoms with van der Waals surface area (Å²) >= 11 is 3.33. The topological polar surface area (TPSA) is 52.8 Å². The summed E-state index contributed by atoms with van der Waals surface area (Å²) in [5.41, 5.74) is 0. The first-order chi connectivity index (χ1) is 8.21. The van der Waals surface area contributed by atoms with Gasteiger partial charge in [0.05, 0.1) is 12.4 Å². The molecule has 0 fully saturated rings. The van der Waals surface area contributed by atoms with Crippen LogP contribution in [0.5, 0.6) is 11.6 Å². The van der Waals surface area contributed by atoms with Gasteiger partial charge in [0, 0.05) is 19.0 Å². The Morgan fingerprint density at radius 1 is 1.35 bits per heavy atom. The lowest BCUT2D eigenvalue weighted by Gasteiger charge is -2.03. The summed E-state index contributed by atoms with van der Waals surface area (Å²) in [5, 5.41) is 4.13. The van der Waals surface area contributed by atoms with Gasteiger partial charge in [-0.1, -0.05) is 6.92 Å². The van der Waals surface area contributed by atoms with E-state index < -0.39 is 0 Å². The molecular weight excluding hydrogens is 284 g/mol. The Morgan fingerprint density at radius 3 is 2.82 bits per heavy atom. The molecule has 90 valence electrons. The molecule has 2 aromatic rings.